The fraction of sp³-hybridized carbons (Fsp3) is 0.400. The third-order valence-corrected chi connectivity index (χ3v) is 2.78. The number of hydrogen-bond acceptors (Lipinski definition) is 0. The molecule has 0 bridgehead atoms. The molecule has 18 heavy (non-hydrogen) atoms. The van der Waals surface area contributed by atoms with Crippen molar-refractivity contribution in [2.75, 3.05) is 0 Å². The van der Waals surface area contributed by atoms with E-state index in [2.05, 4.69) is 0 Å². The minimum atomic E-state index is -5.25. The van der Waals surface area contributed by atoms with E-state index in [4.69, 9.17) is 0 Å². The van der Waals surface area contributed by atoms with Gasteiger partial charge in [-0.1, -0.05) is 17.7 Å². The Morgan fingerprint density at radius 2 is 1.61 bits per heavy atom. The molecule has 8 heteroatoms. The van der Waals surface area contributed by atoms with Crippen molar-refractivity contribution in [3.05, 3.63) is 29.3 Å². The van der Waals surface area contributed by atoms with Gasteiger partial charge in [0.2, 0.25) is 0 Å². The van der Waals surface area contributed by atoms with Crippen molar-refractivity contribution in [3.8, 4) is 0 Å². The van der Waals surface area contributed by atoms with Gasteiger partial charge in [0.1, 0.15) is 0 Å². The molecule has 2 rings (SSSR count). The number of rotatable bonds is 2. The first-order valence-corrected chi connectivity index (χ1v) is 5.10. The molecule has 0 nitrogen and oxygen atoms in total. The van der Waals surface area contributed by atoms with Gasteiger partial charge in [-0.15, -0.1) is 5.46 Å². The van der Waals surface area contributed by atoms with Crippen LogP contribution in [0.2, 0.25) is 0 Å². The Morgan fingerprint density at radius 3 is 2.00 bits per heavy atom. The molecular weight excluding hydrogens is 284 g/mol. The Hall–Kier alpha value is 0.501. The van der Waals surface area contributed by atoms with Crippen molar-refractivity contribution in [1.29, 1.82) is 0 Å². The van der Waals surface area contributed by atoms with E-state index in [1.165, 1.54) is 0 Å². The van der Waals surface area contributed by atoms with E-state index in [-0.39, 0.29) is 62.9 Å². The number of hydrogen-bond donors (Lipinski definition) is 0. The van der Waals surface area contributed by atoms with Crippen molar-refractivity contribution in [2.24, 2.45) is 0 Å². The van der Waals surface area contributed by atoms with E-state index in [0.717, 1.165) is 0 Å². The van der Waals surface area contributed by atoms with Crippen molar-refractivity contribution < 1.29 is 77.5 Å². The molecule has 0 atom stereocenters. The third kappa shape index (κ3) is 3.75. The van der Waals surface area contributed by atoms with Gasteiger partial charge < -0.3 is 12.9 Å². The molecule has 1 fully saturated rings. The molecule has 1 aromatic rings. The summed E-state index contributed by atoms with van der Waals surface area (Å²) in [6.45, 7) is -5.25. The summed E-state index contributed by atoms with van der Waals surface area (Å²) in [6.07, 6.45) is -3.54. The monoisotopic (exact) mass is 292 g/mol. The molecule has 0 aliphatic heterocycles. The topological polar surface area (TPSA) is 0 Å². The molecule has 1 saturated carbocycles. The van der Waals surface area contributed by atoms with Crippen molar-refractivity contribution >= 4 is 12.4 Å². The van der Waals surface area contributed by atoms with Crippen LogP contribution >= 0.6 is 0 Å². The zero-order chi connectivity index (χ0) is 12.8. The van der Waals surface area contributed by atoms with Crippen molar-refractivity contribution in [3.63, 3.8) is 0 Å². The Bertz CT molecular complexity index is 435. The summed E-state index contributed by atoms with van der Waals surface area (Å²) in [7, 11) is 0. The minimum absolute atomic E-state index is 0. The van der Waals surface area contributed by atoms with E-state index < -0.39 is 24.2 Å². The van der Waals surface area contributed by atoms with Gasteiger partial charge >= 0.3 is 64.5 Å². The molecule has 0 aromatic heterocycles. The van der Waals surface area contributed by atoms with Crippen LogP contribution in [0.25, 0.3) is 0 Å². The van der Waals surface area contributed by atoms with Crippen molar-refractivity contribution in [1.82, 2.24) is 0 Å². The van der Waals surface area contributed by atoms with E-state index in [1.807, 2.05) is 0 Å². The predicted molar refractivity (Wildman–Crippen MR) is 52.1 cm³/mol. The Balaban J connectivity index is 0.00000162. The maximum Gasteiger partial charge on any atom is 1.00 e. The number of halogens is 6. The minimum Gasteiger partial charge on any atom is -0.445 e. The van der Waals surface area contributed by atoms with Crippen LogP contribution in [0.1, 0.15) is 29.9 Å². The van der Waals surface area contributed by atoms with Crippen molar-refractivity contribution in [2.45, 2.75) is 24.9 Å². The van der Waals surface area contributed by atoms with Crippen LogP contribution in [0, 0.1) is 0 Å². The van der Waals surface area contributed by atoms with E-state index in [9.17, 15) is 26.1 Å². The first kappa shape index (κ1) is 16.6. The maximum absolute atomic E-state index is 12.6. The molecule has 94 valence electrons. The van der Waals surface area contributed by atoms with Gasteiger partial charge in [-0.3, -0.25) is 0 Å². The van der Waals surface area contributed by atoms with Crippen LogP contribution in [0.3, 0.4) is 0 Å². The predicted octanol–water partition coefficient (Wildman–Crippen LogP) is 0.641. The number of alkyl halides is 3. The zero-order valence-corrected chi connectivity index (χ0v) is 12.7. The summed E-state index contributed by atoms with van der Waals surface area (Å²) in [5.74, 6) is -0.365. The van der Waals surface area contributed by atoms with E-state index in [1.54, 1.807) is 0 Å². The Morgan fingerprint density at radius 1 is 1.06 bits per heavy atom. The van der Waals surface area contributed by atoms with Gasteiger partial charge in [0.05, 0.1) is 5.56 Å². The van der Waals surface area contributed by atoms with Crippen LogP contribution in [0.15, 0.2) is 18.2 Å². The summed E-state index contributed by atoms with van der Waals surface area (Å²) in [5, 5.41) is 0. The molecule has 0 heterocycles. The van der Waals surface area contributed by atoms with Crippen LogP contribution in [-0.4, -0.2) is 6.98 Å². The van der Waals surface area contributed by atoms with Gasteiger partial charge in [-0.2, -0.15) is 13.2 Å². The Labute approximate surface area is 143 Å². The van der Waals surface area contributed by atoms with Crippen LogP contribution < -0.4 is 56.8 Å². The first-order valence-electron chi connectivity index (χ1n) is 5.10. The van der Waals surface area contributed by atoms with Crippen LogP contribution in [-0.2, 0) is 6.18 Å². The van der Waals surface area contributed by atoms with Crippen LogP contribution in [0.4, 0.5) is 26.1 Å². The van der Waals surface area contributed by atoms with Gasteiger partial charge in [0, 0.05) is 0 Å². The van der Waals surface area contributed by atoms with Crippen LogP contribution in [0.5, 0.6) is 0 Å². The molecule has 1 aliphatic rings. The molecule has 1 aromatic carbocycles. The molecule has 0 amide bonds. The average Bonchev–Trinajstić information content (AvgIpc) is 2.97. The second-order valence-corrected chi connectivity index (χ2v) is 4.19. The normalized spacial score (nSPS) is 16.3. The summed E-state index contributed by atoms with van der Waals surface area (Å²) in [5.41, 5.74) is -2.10. The van der Waals surface area contributed by atoms with E-state index in [0.29, 0.717) is 31.0 Å². The second kappa shape index (κ2) is 5.48. The molecule has 0 saturated heterocycles. The third-order valence-electron chi connectivity index (χ3n) is 2.78. The summed E-state index contributed by atoms with van der Waals surface area (Å²) < 4.78 is 75.1. The molecule has 0 radical (unpaired) electrons. The second-order valence-electron chi connectivity index (χ2n) is 4.19. The van der Waals surface area contributed by atoms with E-state index >= 15 is 0 Å². The quantitative estimate of drug-likeness (QED) is 0.554. The first-order chi connectivity index (χ1) is 7.69. The fourth-order valence-corrected chi connectivity index (χ4v) is 1.80. The Kier molecular flexibility index (Phi) is 5.04. The zero-order valence-electron chi connectivity index (χ0n) is 9.57. The van der Waals surface area contributed by atoms with Gasteiger partial charge in [-0.05, 0) is 24.8 Å². The maximum atomic E-state index is 12.6. The average molecular weight is 292 g/mol. The standard InChI is InChI=1S/C10H8BF6.K/c12-10(13,14)7-3-4-9(11(15,16)17)8(5-7)6-1-2-6;/h3-6H,1-2H2;/q-1;+1. The smallest absolute Gasteiger partial charge is 0.445 e. The molecule has 0 spiro atoms. The SMILES string of the molecule is F[B-](F)(F)c1ccc(C(F)(F)F)cc1C1CC1.[K+]. The summed E-state index contributed by atoms with van der Waals surface area (Å²) in [6, 6.07) is 1.69. The summed E-state index contributed by atoms with van der Waals surface area (Å²) >= 11 is 0. The molecule has 0 N–H and O–H groups in total. The molecule has 0 unspecified atom stereocenters. The summed E-state index contributed by atoms with van der Waals surface area (Å²) in [4.78, 5) is 0. The molecule has 1 aliphatic carbocycles. The molecular formula is C10H8BF6K. The van der Waals surface area contributed by atoms with Gasteiger partial charge in [0.25, 0.3) is 0 Å². The largest absolute Gasteiger partial charge is 1.00 e. The number of benzene rings is 1. The fourth-order valence-electron chi connectivity index (χ4n) is 1.80. The van der Waals surface area contributed by atoms with Gasteiger partial charge in [0.15, 0.2) is 0 Å². The van der Waals surface area contributed by atoms with Gasteiger partial charge in [-0.25, -0.2) is 0 Å².